The lowest BCUT2D eigenvalue weighted by Gasteiger charge is -2.23. The predicted molar refractivity (Wildman–Crippen MR) is 96.0 cm³/mol. The minimum atomic E-state index is -0.338. The lowest BCUT2D eigenvalue weighted by Crippen LogP contribution is -2.18. The van der Waals surface area contributed by atoms with Crippen LogP contribution in [0.1, 0.15) is 24.4 Å². The summed E-state index contributed by atoms with van der Waals surface area (Å²) in [6.07, 6.45) is 3.72. The van der Waals surface area contributed by atoms with Gasteiger partial charge in [-0.2, -0.15) is 0 Å². The second-order valence-electron chi connectivity index (χ2n) is 6.72. The van der Waals surface area contributed by atoms with Gasteiger partial charge in [0.1, 0.15) is 36.7 Å². The average Bonchev–Trinajstić information content (AvgIpc) is 3.51. The molecule has 26 heavy (non-hydrogen) atoms. The fourth-order valence-corrected chi connectivity index (χ4v) is 3.47. The molecule has 1 N–H and O–H groups in total. The first kappa shape index (κ1) is 15.4. The highest BCUT2D eigenvalue weighted by Gasteiger charge is 2.33. The van der Waals surface area contributed by atoms with Gasteiger partial charge in [0, 0.05) is 5.39 Å². The number of aromatic nitrogens is 2. The van der Waals surface area contributed by atoms with Crippen LogP contribution >= 0.6 is 0 Å². The molecule has 1 atom stereocenters. The normalized spacial score (nSPS) is 17.1. The van der Waals surface area contributed by atoms with Crippen molar-refractivity contribution < 1.29 is 13.9 Å². The number of rotatable bonds is 4. The van der Waals surface area contributed by atoms with Gasteiger partial charge in [-0.3, -0.25) is 0 Å². The Morgan fingerprint density at radius 2 is 1.88 bits per heavy atom. The van der Waals surface area contributed by atoms with E-state index in [2.05, 4.69) is 21.4 Å². The Bertz CT molecular complexity index is 974. The predicted octanol–water partition coefficient (Wildman–Crippen LogP) is 4.10. The summed E-state index contributed by atoms with van der Waals surface area (Å²) in [6, 6.07) is 11.1. The first-order valence-corrected chi connectivity index (χ1v) is 8.85. The molecule has 0 saturated heterocycles. The molecule has 2 aliphatic rings. The van der Waals surface area contributed by atoms with E-state index >= 15 is 0 Å². The summed E-state index contributed by atoms with van der Waals surface area (Å²) in [5, 5.41) is 4.21. The molecule has 0 amide bonds. The van der Waals surface area contributed by atoms with Crippen LogP contribution in [0.5, 0.6) is 11.5 Å². The molecule has 2 aromatic carbocycles. The minimum absolute atomic E-state index is 0.0900. The summed E-state index contributed by atoms with van der Waals surface area (Å²) in [7, 11) is 0. The Morgan fingerprint density at radius 3 is 2.73 bits per heavy atom. The van der Waals surface area contributed by atoms with E-state index in [0.29, 0.717) is 35.9 Å². The van der Waals surface area contributed by atoms with Crippen LogP contribution in [-0.4, -0.2) is 23.2 Å². The molecule has 132 valence electrons. The van der Waals surface area contributed by atoms with Crippen LogP contribution in [0.2, 0.25) is 0 Å². The maximum absolute atomic E-state index is 14.0. The zero-order valence-electron chi connectivity index (χ0n) is 14.1. The zero-order chi connectivity index (χ0) is 17.5. The molecule has 0 radical (unpaired) electrons. The van der Waals surface area contributed by atoms with Gasteiger partial charge in [-0.05, 0) is 48.6 Å². The monoisotopic (exact) mass is 351 g/mol. The van der Waals surface area contributed by atoms with Crippen molar-refractivity contribution >= 4 is 16.7 Å². The van der Waals surface area contributed by atoms with E-state index in [1.807, 2.05) is 18.2 Å². The molecule has 1 aliphatic carbocycles. The molecule has 5 nitrogen and oxygen atoms in total. The van der Waals surface area contributed by atoms with Crippen LogP contribution in [-0.2, 0) is 0 Å². The number of hydrogen-bond acceptors (Lipinski definition) is 5. The van der Waals surface area contributed by atoms with Gasteiger partial charge in [0.2, 0.25) is 0 Å². The fourth-order valence-electron chi connectivity index (χ4n) is 3.47. The van der Waals surface area contributed by atoms with Crippen LogP contribution < -0.4 is 14.8 Å². The Balaban J connectivity index is 1.52. The molecular weight excluding hydrogens is 333 g/mol. The molecule has 1 saturated carbocycles. The molecule has 5 rings (SSSR count). The molecule has 6 heteroatoms. The van der Waals surface area contributed by atoms with Crippen LogP contribution in [0.4, 0.5) is 10.2 Å². The largest absolute Gasteiger partial charge is 0.486 e. The summed E-state index contributed by atoms with van der Waals surface area (Å²) >= 11 is 0. The van der Waals surface area contributed by atoms with Crippen molar-refractivity contribution in [3.63, 3.8) is 0 Å². The molecular formula is C20H18FN3O2. The van der Waals surface area contributed by atoms with Crippen molar-refractivity contribution in [3.8, 4) is 11.5 Å². The van der Waals surface area contributed by atoms with Crippen LogP contribution in [0, 0.1) is 11.7 Å². The van der Waals surface area contributed by atoms with Gasteiger partial charge in [-0.1, -0.05) is 12.1 Å². The number of ether oxygens (including phenoxy) is 2. The lowest BCUT2D eigenvalue weighted by atomic mass is 10.0. The third-order valence-corrected chi connectivity index (χ3v) is 4.93. The maximum atomic E-state index is 14.0. The Hall–Kier alpha value is -2.89. The third kappa shape index (κ3) is 2.71. The standard InChI is InChI=1S/C20H18FN3O2/c21-15-3-1-2-14-19(15)22-11-23-20(14)24-18(12-4-5-12)13-6-7-16-17(10-13)26-9-8-25-16/h1-3,6-7,10-12,18H,4-5,8-9H2,(H,22,23,24). The van der Waals surface area contributed by atoms with Gasteiger partial charge >= 0.3 is 0 Å². The summed E-state index contributed by atoms with van der Waals surface area (Å²) in [5.74, 6) is 2.40. The van der Waals surface area contributed by atoms with Crippen molar-refractivity contribution in [2.24, 2.45) is 5.92 Å². The molecule has 1 fully saturated rings. The van der Waals surface area contributed by atoms with Crippen LogP contribution in [0.3, 0.4) is 0 Å². The number of halogens is 1. The first-order valence-electron chi connectivity index (χ1n) is 8.85. The number of nitrogens with zero attached hydrogens (tertiary/aromatic N) is 2. The van der Waals surface area contributed by atoms with Crippen molar-refractivity contribution in [2.45, 2.75) is 18.9 Å². The van der Waals surface area contributed by atoms with E-state index in [1.165, 1.54) is 12.4 Å². The van der Waals surface area contributed by atoms with Crippen molar-refractivity contribution in [2.75, 3.05) is 18.5 Å². The third-order valence-electron chi connectivity index (χ3n) is 4.93. The minimum Gasteiger partial charge on any atom is -0.486 e. The Morgan fingerprint density at radius 1 is 1.04 bits per heavy atom. The fraction of sp³-hybridized carbons (Fsp3) is 0.300. The zero-order valence-corrected chi connectivity index (χ0v) is 14.1. The van der Waals surface area contributed by atoms with Gasteiger partial charge < -0.3 is 14.8 Å². The summed E-state index contributed by atoms with van der Waals surface area (Å²) in [6.45, 7) is 1.14. The highest BCUT2D eigenvalue weighted by molar-refractivity contribution is 5.89. The van der Waals surface area contributed by atoms with E-state index in [1.54, 1.807) is 6.07 Å². The molecule has 0 bridgehead atoms. The van der Waals surface area contributed by atoms with Crippen LogP contribution in [0.25, 0.3) is 10.9 Å². The summed E-state index contributed by atoms with van der Waals surface area (Å²) in [4.78, 5) is 8.44. The quantitative estimate of drug-likeness (QED) is 0.767. The molecule has 1 unspecified atom stereocenters. The Labute approximate surface area is 150 Å². The number of anilines is 1. The SMILES string of the molecule is Fc1cccc2c(NC(c3ccc4c(c3)OCCO4)C3CC3)ncnc12. The van der Waals surface area contributed by atoms with Crippen molar-refractivity contribution in [1.82, 2.24) is 9.97 Å². The van der Waals surface area contributed by atoms with Crippen molar-refractivity contribution in [3.05, 3.63) is 54.1 Å². The summed E-state index contributed by atoms with van der Waals surface area (Å²) in [5.41, 5.74) is 1.46. The average molecular weight is 351 g/mol. The van der Waals surface area contributed by atoms with Gasteiger partial charge in [-0.25, -0.2) is 14.4 Å². The topological polar surface area (TPSA) is 56.3 Å². The second kappa shape index (κ2) is 6.12. The number of fused-ring (bicyclic) bond motifs is 2. The van der Waals surface area contributed by atoms with Gasteiger partial charge in [-0.15, -0.1) is 0 Å². The van der Waals surface area contributed by atoms with E-state index in [4.69, 9.17) is 9.47 Å². The van der Waals surface area contributed by atoms with Gasteiger partial charge in [0.05, 0.1) is 6.04 Å². The van der Waals surface area contributed by atoms with E-state index in [-0.39, 0.29) is 11.9 Å². The highest BCUT2D eigenvalue weighted by atomic mass is 19.1. The molecule has 0 spiro atoms. The van der Waals surface area contributed by atoms with Gasteiger partial charge in [0.15, 0.2) is 11.5 Å². The molecule has 1 aliphatic heterocycles. The lowest BCUT2D eigenvalue weighted by molar-refractivity contribution is 0.171. The smallest absolute Gasteiger partial charge is 0.161 e. The van der Waals surface area contributed by atoms with E-state index < -0.39 is 0 Å². The molecule has 1 aromatic heterocycles. The van der Waals surface area contributed by atoms with E-state index in [9.17, 15) is 4.39 Å². The molecule has 3 aromatic rings. The van der Waals surface area contributed by atoms with Gasteiger partial charge in [0.25, 0.3) is 0 Å². The number of benzene rings is 2. The Kier molecular flexibility index (Phi) is 3.62. The number of hydrogen-bond donors (Lipinski definition) is 1. The molecule has 2 heterocycles. The number of para-hydroxylation sites is 1. The maximum Gasteiger partial charge on any atom is 0.161 e. The van der Waals surface area contributed by atoms with Crippen LogP contribution in [0.15, 0.2) is 42.7 Å². The first-order chi connectivity index (χ1) is 12.8. The highest BCUT2D eigenvalue weighted by Crippen LogP contribution is 2.45. The summed E-state index contributed by atoms with van der Waals surface area (Å²) < 4.78 is 25.4. The number of nitrogens with one attached hydrogen (secondary N) is 1. The van der Waals surface area contributed by atoms with Crippen molar-refractivity contribution in [1.29, 1.82) is 0 Å². The van der Waals surface area contributed by atoms with E-state index in [0.717, 1.165) is 29.9 Å². The second-order valence-corrected chi connectivity index (χ2v) is 6.72.